The van der Waals surface area contributed by atoms with E-state index in [4.69, 9.17) is 22.4 Å². The lowest BCUT2D eigenvalue weighted by atomic mass is 9.92. The van der Waals surface area contributed by atoms with Crippen LogP contribution in [-0.4, -0.2) is 57.6 Å². The average molecular weight is 2490 g/mol. The van der Waals surface area contributed by atoms with Gasteiger partial charge in [-0.05, 0) is 395 Å². The normalized spacial score (nSPS) is 13.5. The third-order valence-corrected chi connectivity index (χ3v) is 32.7. The molecular weight excluding hydrogens is 2380 g/mol. The monoisotopic (exact) mass is 2490 g/mol. The van der Waals surface area contributed by atoms with Crippen molar-refractivity contribution in [2.75, 3.05) is 29.5 Å². The Labute approximate surface area is 908 Å². The van der Waals surface area contributed by atoms with E-state index in [2.05, 4.69) is 49.3 Å². The van der Waals surface area contributed by atoms with Crippen LogP contribution in [0.5, 0.6) is 0 Å². The number of sulfonamides is 1. The Kier molecular flexibility index (Phi) is 31.4. The number of carbonyl (C=O) groups excluding carboxylic acids is 2. The molecule has 8 aromatic heterocycles. The number of ether oxygens (including phenoxy) is 1. The maximum absolute atomic E-state index is 14.9. The highest BCUT2D eigenvalue weighted by Gasteiger charge is 2.39. The second-order valence-corrected chi connectivity index (χ2v) is 46.7. The van der Waals surface area contributed by atoms with Gasteiger partial charge in [0, 0.05) is 162 Å². The topological polar surface area (TPSA) is 334 Å². The standard InChI is InChI=1S/C30H30FIN2O5S.C29H26FIN2O4.C28H24FIN2O5.C28H26FIN2O3/c1-16-23(14-18-9-10-20(32)15-24(18)31)26-27(39-29(16)36)25(17(2)34(28(26)35)22-11-12-22)19-7-6-8-21(13-19)33-40(37,38)30(3,4)5;1-14-21(6-5-7-24(14)32-17(4)34)25-16(3)33(20-10-11-20)28(35)26-22(15(2)29(36)37-27(25)26)12-18-8-9-19(31)13-23(18)30;1-14-21(12-16-7-8-18(30)13-22(16)29)24-25(37-27(14)34)23(15(2)32(26(24)33)20-9-10-20)17-5-4-6-19(11-17)31-28(35)36-3;1-15-22(12-18-7-8-20(30)13-23(18)29)25-26(35-28(15)34)24(16(2)32(27(25)33)21-9-10-21)19-6-4-5-17(11-19)14-31-3/h6-10,13,15,22,33H,11-12,14H2,1-5H3;5-9,13,20H,10-12H2,1-4H3,(H,32,34);4-8,11,13,20H,9-10,12H2,1-3H3,(H,31,35);4-8,11,13,21,31H,9-10,12,14H2,1-3H3. The molecule has 20 rings (SSSR count). The molecule has 770 valence electrons. The second-order valence-electron chi connectivity index (χ2n) is 39.3. The van der Waals surface area contributed by atoms with Gasteiger partial charge < -0.3 is 51.3 Å². The molecule has 25 nitrogen and oxygen atoms in total. The van der Waals surface area contributed by atoms with Crippen molar-refractivity contribution >= 4 is 173 Å². The summed E-state index contributed by atoms with van der Waals surface area (Å²) in [6, 6.07) is 47.3. The van der Waals surface area contributed by atoms with Gasteiger partial charge in [-0.2, -0.15) is 0 Å². The molecule has 4 aliphatic carbocycles. The number of anilines is 3. The number of fused-ring (bicyclic) bond motifs is 4. The molecule has 0 saturated heterocycles. The van der Waals surface area contributed by atoms with Gasteiger partial charge in [-0.25, -0.2) is 50.0 Å². The van der Waals surface area contributed by atoms with Gasteiger partial charge in [0.2, 0.25) is 15.9 Å². The van der Waals surface area contributed by atoms with Gasteiger partial charge in [0.1, 0.15) is 23.3 Å². The van der Waals surface area contributed by atoms with Crippen molar-refractivity contribution < 1.29 is 58.0 Å². The fourth-order valence-electron chi connectivity index (χ4n) is 19.5. The van der Waals surface area contributed by atoms with Crippen LogP contribution in [0.25, 0.3) is 88.4 Å². The highest BCUT2D eigenvalue weighted by molar-refractivity contribution is 14.1. The predicted molar refractivity (Wildman–Crippen MR) is 608 cm³/mol. The minimum absolute atomic E-state index is 0.00773. The third-order valence-electron chi connectivity index (χ3n) is 27.9. The molecule has 2 amide bonds. The Morgan fingerprint density at radius 3 is 1.01 bits per heavy atom. The van der Waals surface area contributed by atoms with Crippen LogP contribution in [0.4, 0.5) is 39.4 Å². The lowest BCUT2D eigenvalue weighted by Crippen LogP contribution is -2.33. The Bertz CT molecular complexity index is 8930. The first kappa shape index (κ1) is 108. The maximum Gasteiger partial charge on any atom is 0.411 e. The van der Waals surface area contributed by atoms with Crippen LogP contribution in [0, 0.1) is 99.9 Å². The maximum atomic E-state index is 14.9. The van der Waals surface area contributed by atoms with Crippen molar-refractivity contribution in [1.82, 2.24) is 23.6 Å². The number of rotatable bonds is 22. The molecule has 8 heterocycles. The molecule has 0 unspecified atom stereocenters. The summed E-state index contributed by atoms with van der Waals surface area (Å²) in [5.41, 5.74) is 13.7. The minimum atomic E-state index is -3.70. The largest absolute Gasteiger partial charge is 0.453 e. The summed E-state index contributed by atoms with van der Waals surface area (Å²) >= 11 is 8.18. The van der Waals surface area contributed by atoms with Crippen LogP contribution in [-0.2, 0) is 51.8 Å². The Balaban J connectivity index is 0.000000135. The number of pyridine rings is 4. The summed E-state index contributed by atoms with van der Waals surface area (Å²) in [4.78, 5) is 132. The molecule has 0 radical (unpaired) electrons. The zero-order valence-corrected chi connectivity index (χ0v) is 93.7. The highest BCUT2D eigenvalue weighted by Crippen LogP contribution is 2.47. The average Bonchev–Trinajstić information content (AvgIpc) is 1.68. The number of benzene rings is 8. The van der Waals surface area contributed by atoms with Crippen molar-refractivity contribution in [1.29, 1.82) is 0 Å². The molecule has 0 bridgehead atoms. The number of halogens is 8. The van der Waals surface area contributed by atoms with Crippen LogP contribution < -0.4 is 65.4 Å². The number of aromatic nitrogens is 4. The van der Waals surface area contributed by atoms with Crippen LogP contribution in [0.3, 0.4) is 0 Å². The van der Waals surface area contributed by atoms with Crippen LogP contribution in [0.15, 0.2) is 220 Å². The molecule has 4 saturated carbocycles. The van der Waals surface area contributed by atoms with E-state index in [1.54, 1.807) is 160 Å². The van der Waals surface area contributed by atoms with Gasteiger partial charge in [-0.15, -0.1) is 0 Å². The first-order chi connectivity index (χ1) is 70.8. The minimum Gasteiger partial charge on any atom is -0.453 e. The Morgan fingerprint density at radius 1 is 0.396 bits per heavy atom. The number of methoxy groups -OCH3 is 1. The van der Waals surface area contributed by atoms with Crippen molar-refractivity contribution in [2.24, 2.45) is 0 Å². The van der Waals surface area contributed by atoms with Crippen molar-refractivity contribution in [3.8, 4) is 44.5 Å². The van der Waals surface area contributed by atoms with Crippen molar-refractivity contribution in [3.63, 3.8) is 0 Å². The first-order valence-corrected chi connectivity index (χ1v) is 54.4. The van der Waals surface area contributed by atoms with E-state index >= 15 is 0 Å². The number of hydrogen-bond acceptors (Lipinski definition) is 18. The van der Waals surface area contributed by atoms with E-state index in [0.29, 0.717) is 135 Å². The summed E-state index contributed by atoms with van der Waals surface area (Å²) in [6.45, 7) is 22.7. The molecule has 4 fully saturated rings. The fraction of sp³-hybridized carbons (Fsp3) is 0.287. The van der Waals surface area contributed by atoms with Crippen LogP contribution in [0.2, 0.25) is 0 Å². The van der Waals surface area contributed by atoms with Gasteiger partial charge in [0.05, 0.1) is 33.4 Å². The molecule has 0 atom stereocenters. The smallest absolute Gasteiger partial charge is 0.411 e. The molecule has 34 heteroatoms. The zero-order valence-electron chi connectivity index (χ0n) is 84.3. The molecule has 4 aliphatic rings. The summed E-state index contributed by atoms with van der Waals surface area (Å²) in [5, 5.41) is 9.82. The van der Waals surface area contributed by atoms with E-state index in [9.17, 15) is 73.9 Å². The second kappa shape index (κ2) is 43.5. The SMILES string of the molecule is CC(=O)Nc1cccc(-c2c(C)n(C3CC3)c(=O)c3c(Cc4ccc(I)cc4F)c(C)c(=O)oc23)c1C.CNCc1cccc(-c2c(C)n(C3CC3)c(=O)c3c(Cc4ccc(I)cc4F)c(C)c(=O)oc23)c1.COC(=O)Nc1cccc(-c2c(C)n(C3CC3)c(=O)c3c(Cc4ccc(I)cc4F)c(C)c(=O)oc23)c1.Cc1c(Cc2ccc(I)cc2F)c2c(=O)n(C3CC3)c(C)c(-c3cccc(NS(=O)(=O)C(C)(C)C)c3)c2oc1=O. The number of carbonyl (C=O) groups is 2. The Hall–Kier alpha value is -12.5. The van der Waals surface area contributed by atoms with E-state index in [1.807, 2.05) is 150 Å². The van der Waals surface area contributed by atoms with Crippen molar-refractivity contribution in [2.45, 2.75) is 203 Å². The van der Waals surface area contributed by atoms with Gasteiger partial charge in [-0.1, -0.05) is 78.9 Å². The summed E-state index contributed by atoms with van der Waals surface area (Å²) < 4.78 is 125. The number of hydrogen-bond donors (Lipinski definition) is 4. The lowest BCUT2D eigenvalue weighted by molar-refractivity contribution is -0.114. The van der Waals surface area contributed by atoms with Gasteiger partial charge >= 0.3 is 28.6 Å². The van der Waals surface area contributed by atoms with Gasteiger partial charge in [-0.3, -0.25) is 34.0 Å². The number of nitrogens with one attached hydrogen (secondary N) is 4. The van der Waals surface area contributed by atoms with Gasteiger partial charge in [0.15, 0.2) is 22.3 Å². The number of nitrogens with zero attached hydrogens (tertiary/aromatic N) is 4. The molecular formula is C115H106F4I4N8O17S. The van der Waals surface area contributed by atoms with Crippen LogP contribution >= 0.6 is 90.4 Å². The van der Waals surface area contributed by atoms with Crippen molar-refractivity contribution in [3.05, 3.63) is 385 Å². The Morgan fingerprint density at radius 2 is 0.698 bits per heavy atom. The fourth-order valence-corrected chi connectivity index (χ4v) is 22.0. The lowest BCUT2D eigenvalue weighted by Gasteiger charge is -2.21. The molecule has 0 aliphatic heterocycles. The summed E-state index contributed by atoms with van der Waals surface area (Å²) in [6.07, 6.45) is 6.77. The summed E-state index contributed by atoms with van der Waals surface area (Å²) in [5.74, 6) is -1.76. The highest BCUT2D eigenvalue weighted by atomic mass is 127. The molecule has 4 N–H and O–H groups in total. The molecule has 149 heavy (non-hydrogen) atoms. The predicted octanol–water partition coefficient (Wildman–Crippen LogP) is 24.3. The number of amides is 2. The van der Waals surface area contributed by atoms with E-state index in [0.717, 1.165) is 99.2 Å². The molecule has 0 spiro atoms. The summed E-state index contributed by atoms with van der Waals surface area (Å²) in [7, 11) is -0.534. The quantitative estimate of drug-likeness (QED) is 0.0362. The molecule has 8 aromatic carbocycles. The molecule has 16 aromatic rings. The van der Waals surface area contributed by atoms with Crippen LogP contribution in [0.1, 0.15) is 204 Å². The first-order valence-electron chi connectivity index (χ1n) is 48.6. The van der Waals surface area contributed by atoms with Gasteiger partial charge in [0.25, 0.3) is 22.2 Å². The third kappa shape index (κ3) is 22.1. The van der Waals surface area contributed by atoms with E-state index in [1.165, 1.54) is 38.3 Å². The van der Waals surface area contributed by atoms with E-state index in [-0.39, 0.29) is 134 Å². The zero-order chi connectivity index (χ0) is 107. The van der Waals surface area contributed by atoms with E-state index < -0.39 is 55.0 Å².